The molecule has 0 aliphatic heterocycles. The number of benzene rings is 2. The lowest BCUT2D eigenvalue weighted by atomic mass is 10.0. The van der Waals surface area contributed by atoms with E-state index in [0.717, 1.165) is 11.1 Å². The molecule has 98 valence electrons. The first-order valence-corrected chi connectivity index (χ1v) is 6.02. The summed E-state index contributed by atoms with van der Waals surface area (Å²) in [5, 5.41) is 0. The fourth-order valence-corrected chi connectivity index (χ4v) is 1.85. The van der Waals surface area contributed by atoms with Crippen molar-refractivity contribution in [3.63, 3.8) is 0 Å². The van der Waals surface area contributed by atoms with Crippen LogP contribution in [-0.2, 0) is 6.42 Å². The summed E-state index contributed by atoms with van der Waals surface area (Å²) in [5.74, 6) is -2.42. The van der Waals surface area contributed by atoms with Crippen LogP contribution in [0.1, 0.15) is 27.0 Å². The van der Waals surface area contributed by atoms with Crippen LogP contribution in [0.4, 0.5) is 8.78 Å². The van der Waals surface area contributed by atoms with Crippen LogP contribution < -0.4 is 0 Å². The molecule has 0 aliphatic carbocycles. The van der Waals surface area contributed by atoms with Gasteiger partial charge in [0.15, 0.2) is 17.4 Å². The molecule has 0 spiro atoms. The van der Waals surface area contributed by atoms with E-state index in [1.54, 1.807) is 0 Å². The highest BCUT2D eigenvalue weighted by atomic mass is 19.2. The topological polar surface area (TPSA) is 17.1 Å². The Morgan fingerprint density at radius 3 is 2.21 bits per heavy atom. The molecule has 0 N–H and O–H groups in total. The maximum atomic E-state index is 13.7. The molecule has 0 unspecified atom stereocenters. The number of halogens is 2. The van der Waals surface area contributed by atoms with Gasteiger partial charge in [0.2, 0.25) is 0 Å². The Bertz CT molecular complexity index is 615. The molecule has 0 bridgehead atoms. The molecule has 0 aliphatic rings. The quantitative estimate of drug-likeness (QED) is 0.762. The molecule has 0 atom stereocenters. The number of carbonyl (C=O) groups is 1. The third kappa shape index (κ3) is 2.87. The summed E-state index contributed by atoms with van der Waals surface area (Å²) in [6.45, 7) is 3.41. The molecular formula is C16H14F2O. The summed E-state index contributed by atoms with van der Waals surface area (Å²) in [7, 11) is 0. The van der Waals surface area contributed by atoms with Crippen LogP contribution in [0, 0.1) is 25.5 Å². The minimum Gasteiger partial charge on any atom is -0.294 e. The van der Waals surface area contributed by atoms with Crippen molar-refractivity contribution in [2.24, 2.45) is 0 Å². The summed E-state index contributed by atoms with van der Waals surface area (Å²) < 4.78 is 27.1. The van der Waals surface area contributed by atoms with Crippen LogP contribution in [-0.4, -0.2) is 5.78 Å². The molecule has 0 amide bonds. The van der Waals surface area contributed by atoms with Gasteiger partial charge in [0.05, 0.1) is 5.56 Å². The van der Waals surface area contributed by atoms with Crippen LogP contribution in [0.5, 0.6) is 0 Å². The van der Waals surface area contributed by atoms with E-state index in [9.17, 15) is 13.6 Å². The third-order valence-corrected chi connectivity index (χ3v) is 3.06. The Morgan fingerprint density at radius 2 is 1.58 bits per heavy atom. The lowest BCUT2D eigenvalue weighted by molar-refractivity contribution is 0.0988. The molecule has 2 rings (SSSR count). The Kier molecular flexibility index (Phi) is 3.74. The first-order valence-electron chi connectivity index (χ1n) is 6.02. The average Bonchev–Trinajstić information content (AvgIpc) is 2.39. The molecule has 0 heterocycles. The second-order valence-corrected chi connectivity index (χ2v) is 4.64. The van der Waals surface area contributed by atoms with Crippen molar-refractivity contribution >= 4 is 5.78 Å². The largest absolute Gasteiger partial charge is 0.294 e. The zero-order valence-corrected chi connectivity index (χ0v) is 10.8. The maximum Gasteiger partial charge on any atom is 0.170 e. The van der Waals surface area contributed by atoms with Crippen molar-refractivity contribution in [1.29, 1.82) is 0 Å². The lowest BCUT2D eigenvalue weighted by Crippen LogP contribution is -2.08. The predicted molar refractivity (Wildman–Crippen MR) is 70.3 cm³/mol. The van der Waals surface area contributed by atoms with E-state index < -0.39 is 17.4 Å². The van der Waals surface area contributed by atoms with Gasteiger partial charge in [-0.3, -0.25) is 4.79 Å². The van der Waals surface area contributed by atoms with Gasteiger partial charge in [-0.25, -0.2) is 8.78 Å². The van der Waals surface area contributed by atoms with Crippen molar-refractivity contribution < 1.29 is 13.6 Å². The number of rotatable bonds is 3. The minimum atomic E-state index is -1.06. The number of carbonyl (C=O) groups excluding carboxylic acids is 1. The van der Waals surface area contributed by atoms with E-state index in [2.05, 4.69) is 0 Å². The molecule has 0 fully saturated rings. The van der Waals surface area contributed by atoms with E-state index in [1.165, 1.54) is 19.1 Å². The van der Waals surface area contributed by atoms with Crippen LogP contribution in [0.2, 0.25) is 0 Å². The molecule has 0 aromatic heterocycles. The highest BCUT2D eigenvalue weighted by Crippen LogP contribution is 2.17. The Hall–Kier alpha value is -2.03. The van der Waals surface area contributed by atoms with Gasteiger partial charge in [-0.2, -0.15) is 0 Å². The zero-order valence-electron chi connectivity index (χ0n) is 10.8. The molecule has 3 heteroatoms. The van der Waals surface area contributed by atoms with Gasteiger partial charge in [-0.1, -0.05) is 35.9 Å². The number of hydrogen-bond acceptors (Lipinski definition) is 1. The standard InChI is InChI=1S/C16H14F2O/c1-10-3-6-12(7-4-10)9-14(19)13-8-5-11(2)15(17)16(13)18/h3-8H,9H2,1-2H3. The molecule has 0 radical (unpaired) electrons. The number of ketones is 1. The monoisotopic (exact) mass is 260 g/mol. The number of hydrogen-bond donors (Lipinski definition) is 0. The van der Waals surface area contributed by atoms with E-state index >= 15 is 0 Å². The maximum absolute atomic E-state index is 13.7. The van der Waals surface area contributed by atoms with Gasteiger partial charge in [-0.05, 0) is 31.0 Å². The van der Waals surface area contributed by atoms with Crippen LogP contribution in [0.25, 0.3) is 0 Å². The number of Topliss-reactive ketones (excluding diaryl/α,β-unsaturated/α-hetero) is 1. The van der Waals surface area contributed by atoms with Crippen molar-refractivity contribution in [2.75, 3.05) is 0 Å². The van der Waals surface area contributed by atoms with Crippen LogP contribution in [0.15, 0.2) is 36.4 Å². The predicted octanol–water partition coefficient (Wildman–Crippen LogP) is 4.01. The Labute approximate surface area is 110 Å². The minimum absolute atomic E-state index is 0.0691. The molecule has 2 aromatic carbocycles. The molecule has 0 saturated carbocycles. The van der Waals surface area contributed by atoms with Crippen LogP contribution in [0.3, 0.4) is 0 Å². The second-order valence-electron chi connectivity index (χ2n) is 4.64. The fraction of sp³-hybridized carbons (Fsp3) is 0.188. The van der Waals surface area contributed by atoms with Crippen molar-refractivity contribution in [3.05, 3.63) is 70.3 Å². The van der Waals surface area contributed by atoms with Crippen LogP contribution >= 0.6 is 0 Å². The van der Waals surface area contributed by atoms with Crippen molar-refractivity contribution in [3.8, 4) is 0 Å². The Morgan fingerprint density at radius 1 is 0.947 bits per heavy atom. The zero-order chi connectivity index (χ0) is 14.0. The van der Waals surface area contributed by atoms with Gasteiger partial charge in [0.25, 0.3) is 0 Å². The van der Waals surface area contributed by atoms with Gasteiger partial charge in [0.1, 0.15) is 0 Å². The van der Waals surface area contributed by atoms with Gasteiger partial charge >= 0.3 is 0 Å². The van der Waals surface area contributed by atoms with Crippen molar-refractivity contribution in [2.45, 2.75) is 20.3 Å². The average molecular weight is 260 g/mol. The van der Waals surface area contributed by atoms with Gasteiger partial charge < -0.3 is 0 Å². The number of aryl methyl sites for hydroxylation is 2. The summed E-state index contributed by atoms with van der Waals surface area (Å²) in [6, 6.07) is 10.2. The normalized spacial score (nSPS) is 10.5. The SMILES string of the molecule is Cc1ccc(CC(=O)c2ccc(C)c(F)c2F)cc1. The van der Waals surface area contributed by atoms with E-state index in [4.69, 9.17) is 0 Å². The van der Waals surface area contributed by atoms with Crippen molar-refractivity contribution in [1.82, 2.24) is 0 Å². The summed E-state index contributed by atoms with van der Waals surface area (Å²) in [4.78, 5) is 12.0. The smallest absolute Gasteiger partial charge is 0.170 e. The lowest BCUT2D eigenvalue weighted by Gasteiger charge is -2.06. The Balaban J connectivity index is 2.25. The second kappa shape index (κ2) is 5.31. The highest BCUT2D eigenvalue weighted by Gasteiger charge is 2.17. The first-order chi connectivity index (χ1) is 8.99. The molecule has 19 heavy (non-hydrogen) atoms. The first kappa shape index (κ1) is 13.4. The summed E-state index contributed by atoms with van der Waals surface area (Å²) in [5.41, 5.74) is 1.88. The van der Waals surface area contributed by atoms with Gasteiger partial charge in [0, 0.05) is 6.42 Å². The van der Waals surface area contributed by atoms with E-state index in [1.807, 2.05) is 31.2 Å². The molecule has 1 nitrogen and oxygen atoms in total. The summed E-state index contributed by atoms with van der Waals surface area (Å²) >= 11 is 0. The molecule has 2 aromatic rings. The van der Waals surface area contributed by atoms with E-state index in [0.29, 0.717) is 0 Å². The highest BCUT2D eigenvalue weighted by molar-refractivity contribution is 5.97. The fourth-order valence-electron chi connectivity index (χ4n) is 1.85. The third-order valence-electron chi connectivity index (χ3n) is 3.06. The molecular weight excluding hydrogens is 246 g/mol. The van der Waals surface area contributed by atoms with Gasteiger partial charge in [-0.15, -0.1) is 0 Å². The molecule has 0 saturated heterocycles. The van der Waals surface area contributed by atoms with E-state index in [-0.39, 0.29) is 17.5 Å². The summed E-state index contributed by atoms with van der Waals surface area (Å²) in [6.07, 6.45) is 0.0691.